The molecule has 0 spiro atoms. The van der Waals surface area contributed by atoms with Crippen molar-refractivity contribution in [3.63, 3.8) is 0 Å². The highest BCUT2D eigenvalue weighted by Gasteiger charge is 2.24. The molecule has 2 rings (SSSR count). The van der Waals surface area contributed by atoms with Gasteiger partial charge >= 0.3 is 0 Å². The zero-order valence-electron chi connectivity index (χ0n) is 10.7. The molecule has 0 unspecified atom stereocenters. The second-order valence-electron chi connectivity index (χ2n) is 4.52. The number of amides is 1. The minimum Gasteiger partial charge on any atom is -0.339 e. The van der Waals surface area contributed by atoms with Gasteiger partial charge in [-0.2, -0.15) is 0 Å². The fourth-order valence-electron chi connectivity index (χ4n) is 2.21. The summed E-state index contributed by atoms with van der Waals surface area (Å²) in [6.45, 7) is 1.87. The standard InChI is InChI=1S/C13H16BrFN2O.ClH/c1-17(10-4-6-16-7-5-10)13(18)11-3-2-9(15)8-12(11)14;/h2-3,8,10,16H,4-7H2,1H3;1H. The minimum absolute atomic E-state index is 0. The summed E-state index contributed by atoms with van der Waals surface area (Å²) in [6.07, 6.45) is 1.92. The first-order valence-electron chi connectivity index (χ1n) is 6.02. The molecule has 6 heteroatoms. The first-order chi connectivity index (χ1) is 8.59. The van der Waals surface area contributed by atoms with E-state index in [1.807, 2.05) is 7.05 Å². The molecule has 0 bridgehead atoms. The smallest absolute Gasteiger partial charge is 0.254 e. The van der Waals surface area contributed by atoms with Crippen molar-refractivity contribution < 1.29 is 9.18 Å². The average molecular weight is 352 g/mol. The molecule has 0 radical (unpaired) electrons. The molecule has 0 aliphatic carbocycles. The van der Waals surface area contributed by atoms with E-state index in [1.54, 1.807) is 4.90 Å². The summed E-state index contributed by atoms with van der Waals surface area (Å²) < 4.78 is 13.5. The third-order valence-corrected chi connectivity index (χ3v) is 3.99. The van der Waals surface area contributed by atoms with E-state index in [0.29, 0.717) is 10.0 Å². The topological polar surface area (TPSA) is 32.3 Å². The van der Waals surface area contributed by atoms with Gasteiger partial charge in [0.05, 0.1) is 5.56 Å². The van der Waals surface area contributed by atoms with Crippen LogP contribution >= 0.6 is 28.3 Å². The van der Waals surface area contributed by atoms with E-state index in [4.69, 9.17) is 0 Å². The summed E-state index contributed by atoms with van der Waals surface area (Å²) in [5.41, 5.74) is 0.512. The number of hydrogen-bond donors (Lipinski definition) is 1. The molecule has 1 amide bonds. The summed E-state index contributed by atoms with van der Waals surface area (Å²) in [6, 6.07) is 4.42. The molecule has 0 aromatic heterocycles. The van der Waals surface area contributed by atoms with E-state index in [1.165, 1.54) is 18.2 Å². The van der Waals surface area contributed by atoms with Crippen LogP contribution in [0.15, 0.2) is 22.7 Å². The van der Waals surface area contributed by atoms with Crippen molar-refractivity contribution >= 4 is 34.2 Å². The quantitative estimate of drug-likeness (QED) is 0.888. The SMILES string of the molecule is CN(C(=O)c1ccc(F)cc1Br)C1CCNCC1.Cl. The molecule has 3 nitrogen and oxygen atoms in total. The van der Waals surface area contributed by atoms with Crippen molar-refractivity contribution in [2.45, 2.75) is 18.9 Å². The molecule has 1 heterocycles. The number of nitrogens with zero attached hydrogens (tertiary/aromatic N) is 1. The maximum absolute atomic E-state index is 13.0. The molecule has 1 fully saturated rings. The number of nitrogens with one attached hydrogen (secondary N) is 1. The normalized spacial score (nSPS) is 15.7. The lowest BCUT2D eigenvalue weighted by Crippen LogP contribution is -2.44. The van der Waals surface area contributed by atoms with Gasteiger partial charge in [-0.25, -0.2) is 4.39 Å². The summed E-state index contributed by atoms with van der Waals surface area (Å²) >= 11 is 3.24. The van der Waals surface area contributed by atoms with Crippen LogP contribution < -0.4 is 5.32 Å². The molecule has 106 valence electrons. The number of benzene rings is 1. The molecule has 1 saturated heterocycles. The van der Waals surface area contributed by atoms with Gasteiger partial charge in [-0.1, -0.05) is 0 Å². The van der Waals surface area contributed by atoms with E-state index in [9.17, 15) is 9.18 Å². The van der Waals surface area contributed by atoms with Crippen molar-refractivity contribution in [2.75, 3.05) is 20.1 Å². The Balaban J connectivity index is 0.00000180. The highest BCUT2D eigenvalue weighted by molar-refractivity contribution is 9.10. The molecule has 1 aromatic rings. The van der Waals surface area contributed by atoms with Gasteiger partial charge < -0.3 is 10.2 Å². The van der Waals surface area contributed by atoms with E-state index >= 15 is 0 Å². The molecule has 0 atom stereocenters. The fourth-order valence-corrected chi connectivity index (χ4v) is 2.73. The lowest BCUT2D eigenvalue weighted by molar-refractivity contribution is 0.0702. The molecule has 0 saturated carbocycles. The van der Waals surface area contributed by atoms with Gasteiger partial charge in [-0.3, -0.25) is 4.79 Å². The largest absolute Gasteiger partial charge is 0.339 e. The molecule has 1 aliphatic rings. The lowest BCUT2D eigenvalue weighted by Gasteiger charge is -2.31. The van der Waals surface area contributed by atoms with E-state index < -0.39 is 0 Å². The van der Waals surface area contributed by atoms with Gasteiger partial charge in [-0.15, -0.1) is 12.4 Å². The van der Waals surface area contributed by atoms with Crippen molar-refractivity contribution in [2.24, 2.45) is 0 Å². The Morgan fingerprint density at radius 2 is 2.05 bits per heavy atom. The van der Waals surface area contributed by atoms with Crippen molar-refractivity contribution in [1.29, 1.82) is 0 Å². The summed E-state index contributed by atoms with van der Waals surface area (Å²) in [5.74, 6) is -0.406. The van der Waals surface area contributed by atoms with Crippen LogP contribution in [0.25, 0.3) is 0 Å². The Hall–Kier alpha value is -0.650. The highest BCUT2D eigenvalue weighted by Crippen LogP contribution is 2.21. The van der Waals surface area contributed by atoms with E-state index in [-0.39, 0.29) is 30.2 Å². The Labute approximate surface area is 127 Å². The summed E-state index contributed by atoms with van der Waals surface area (Å²) in [5, 5.41) is 3.27. The van der Waals surface area contributed by atoms with Gasteiger partial charge in [0.1, 0.15) is 5.82 Å². The highest BCUT2D eigenvalue weighted by atomic mass is 79.9. The first-order valence-corrected chi connectivity index (χ1v) is 6.82. The van der Waals surface area contributed by atoms with E-state index in [0.717, 1.165) is 25.9 Å². The first kappa shape index (κ1) is 16.4. The third-order valence-electron chi connectivity index (χ3n) is 3.34. The monoisotopic (exact) mass is 350 g/mol. The number of halogens is 3. The molecular formula is C13H17BrClFN2O. The van der Waals surface area contributed by atoms with Gasteiger partial charge in [0.15, 0.2) is 0 Å². The number of carbonyl (C=O) groups is 1. The summed E-state index contributed by atoms with van der Waals surface area (Å²) in [4.78, 5) is 14.1. The van der Waals surface area contributed by atoms with Crippen LogP contribution in [0.5, 0.6) is 0 Å². The van der Waals surface area contributed by atoms with Crippen LogP contribution in [-0.2, 0) is 0 Å². The second kappa shape index (κ2) is 7.22. The number of rotatable bonds is 2. The minimum atomic E-state index is -0.344. The molecule has 19 heavy (non-hydrogen) atoms. The van der Waals surface area contributed by atoms with Crippen LogP contribution in [0.2, 0.25) is 0 Å². The Kier molecular flexibility index (Phi) is 6.23. The maximum Gasteiger partial charge on any atom is 0.254 e. The Morgan fingerprint density at radius 3 is 2.63 bits per heavy atom. The van der Waals surface area contributed by atoms with Crippen LogP contribution in [0.4, 0.5) is 4.39 Å². The maximum atomic E-state index is 13.0. The van der Waals surface area contributed by atoms with Crippen molar-refractivity contribution in [1.82, 2.24) is 10.2 Å². The van der Waals surface area contributed by atoms with Gasteiger partial charge in [-0.05, 0) is 60.1 Å². The second-order valence-corrected chi connectivity index (χ2v) is 5.38. The Bertz CT molecular complexity index is 452. The number of carbonyl (C=O) groups excluding carboxylic acids is 1. The predicted octanol–water partition coefficient (Wildman–Crippen LogP) is 2.83. The molecular weight excluding hydrogens is 335 g/mol. The van der Waals surface area contributed by atoms with Crippen molar-refractivity contribution in [3.05, 3.63) is 34.1 Å². The van der Waals surface area contributed by atoms with Crippen LogP contribution in [0.1, 0.15) is 23.2 Å². The van der Waals surface area contributed by atoms with Crippen molar-refractivity contribution in [3.8, 4) is 0 Å². The van der Waals surface area contributed by atoms with Gasteiger partial charge in [0, 0.05) is 17.6 Å². The fraction of sp³-hybridized carbons (Fsp3) is 0.462. The van der Waals surface area contributed by atoms with E-state index in [2.05, 4.69) is 21.2 Å². The molecule has 1 aromatic carbocycles. The van der Waals surface area contributed by atoms with Crippen LogP contribution in [0, 0.1) is 5.82 Å². The number of hydrogen-bond acceptors (Lipinski definition) is 2. The Morgan fingerprint density at radius 1 is 1.42 bits per heavy atom. The lowest BCUT2D eigenvalue weighted by atomic mass is 10.0. The predicted molar refractivity (Wildman–Crippen MR) is 79.3 cm³/mol. The van der Waals surface area contributed by atoms with Gasteiger partial charge in [0.2, 0.25) is 0 Å². The van der Waals surface area contributed by atoms with Crippen LogP contribution in [0.3, 0.4) is 0 Å². The van der Waals surface area contributed by atoms with Gasteiger partial charge in [0.25, 0.3) is 5.91 Å². The van der Waals surface area contributed by atoms with Crippen LogP contribution in [-0.4, -0.2) is 37.0 Å². The molecule has 1 aliphatic heterocycles. The summed E-state index contributed by atoms with van der Waals surface area (Å²) in [7, 11) is 1.81. The number of piperidine rings is 1. The third kappa shape index (κ3) is 3.91. The average Bonchev–Trinajstić information content (AvgIpc) is 2.38. The zero-order valence-corrected chi connectivity index (χ0v) is 13.1. The molecule has 1 N–H and O–H groups in total. The zero-order chi connectivity index (χ0) is 13.1.